The molecule has 0 aliphatic rings. The Hall–Kier alpha value is -1.88. The van der Waals surface area contributed by atoms with Gasteiger partial charge in [0, 0.05) is 23.6 Å². The fourth-order valence-corrected chi connectivity index (χ4v) is 2.49. The van der Waals surface area contributed by atoms with Crippen LogP contribution in [0, 0.1) is 0 Å². The molecule has 5 heteroatoms. The highest BCUT2D eigenvalue weighted by molar-refractivity contribution is 9.10. The monoisotopic (exact) mass is 348 g/mol. The van der Waals surface area contributed by atoms with E-state index in [2.05, 4.69) is 21.2 Å². The number of carbonyl (C=O) groups excluding carboxylic acids is 2. The summed E-state index contributed by atoms with van der Waals surface area (Å²) in [5, 5.41) is 4.74. The quantitative estimate of drug-likeness (QED) is 0.923. The summed E-state index contributed by atoms with van der Waals surface area (Å²) in [4.78, 5) is 25.3. The average molecular weight is 349 g/mol. The average Bonchev–Trinajstić information content (AvgIpc) is 2.46. The summed E-state index contributed by atoms with van der Waals surface area (Å²) < 4.78 is 1.00. The third-order valence-electron chi connectivity index (χ3n) is 3.15. The van der Waals surface area contributed by atoms with Crippen molar-refractivity contribution in [2.45, 2.75) is 6.92 Å². The highest BCUT2D eigenvalue weighted by Gasteiger charge is 2.14. The van der Waals surface area contributed by atoms with E-state index in [1.165, 1.54) is 4.90 Å². The van der Waals surface area contributed by atoms with Crippen molar-refractivity contribution in [2.75, 3.05) is 20.1 Å². The molecule has 110 valence electrons. The zero-order valence-electron chi connectivity index (χ0n) is 12.0. The number of halogens is 1. The number of hydrogen-bond donors (Lipinski definition) is 1. The molecule has 0 atom stereocenters. The van der Waals surface area contributed by atoms with Gasteiger partial charge in [0.05, 0.1) is 6.54 Å². The van der Waals surface area contributed by atoms with Crippen LogP contribution >= 0.6 is 15.9 Å². The Balaban J connectivity index is 2.19. The van der Waals surface area contributed by atoms with Crippen molar-refractivity contribution in [1.29, 1.82) is 0 Å². The van der Waals surface area contributed by atoms with Gasteiger partial charge in [0.1, 0.15) is 0 Å². The summed E-state index contributed by atoms with van der Waals surface area (Å²) in [6.07, 6.45) is 0. The molecule has 0 fully saturated rings. The van der Waals surface area contributed by atoms with E-state index in [-0.39, 0.29) is 18.4 Å². The molecule has 0 spiro atoms. The number of benzene rings is 2. The Morgan fingerprint density at radius 2 is 1.81 bits per heavy atom. The van der Waals surface area contributed by atoms with E-state index < -0.39 is 0 Å². The van der Waals surface area contributed by atoms with Crippen LogP contribution in [0.4, 0.5) is 0 Å². The first kappa shape index (κ1) is 15.5. The molecule has 1 N–H and O–H groups in total. The lowest BCUT2D eigenvalue weighted by molar-refractivity contribution is -0.121. The zero-order chi connectivity index (χ0) is 15.4. The maximum Gasteiger partial charge on any atom is 0.254 e. The van der Waals surface area contributed by atoms with Gasteiger partial charge in [-0.1, -0.05) is 28.1 Å². The molecule has 4 nitrogen and oxygen atoms in total. The summed E-state index contributed by atoms with van der Waals surface area (Å²) in [6.45, 7) is 2.47. The Labute approximate surface area is 132 Å². The summed E-state index contributed by atoms with van der Waals surface area (Å²) >= 11 is 3.43. The van der Waals surface area contributed by atoms with Crippen LogP contribution in [0.3, 0.4) is 0 Å². The van der Waals surface area contributed by atoms with Crippen molar-refractivity contribution in [1.82, 2.24) is 10.2 Å². The molecular formula is C16H17BrN2O2. The van der Waals surface area contributed by atoms with Crippen LogP contribution < -0.4 is 5.32 Å². The minimum Gasteiger partial charge on any atom is -0.355 e. The van der Waals surface area contributed by atoms with E-state index in [1.807, 2.05) is 37.3 Å². The Kier molecular flexibility index (Phi) is 4.96. The molecule has 0 saturated carbocycles. The van der Waals surface area contributed by atoms with Crippen molar-refractivity contribution < 1.29 is 9.59 Å². The third kappa shape index (κ3) is 3.82. The molecule has 2 amide bonds. The van der Waals surface area contributed by atoms with Gasteiger partial charge in [0.25, 0.3) is 5.91 Å². The Morgan fingerprint density at radius 3 is 2.52 bits per heavy atom. The first-order valence-corrected chi connectivity index (χ1v) is 7.52. The number of nitrogens with zero attached hydrogens (tertiary/aromatic N) is 1. The summed E-state index contributed by atoms with van der Waals surface area (Å²) in [7, 11) is 1.63. The molecule has 0 saturated heterocycles. The second-order valence-electron chi connectivity index (χ2n) is 4.82. The number of hydrogen-bond acceptors (Lipinski definition) is 2. The second kappa shape index (κ2) is 6.72. The fourth-order valence-electron chi connectivity index (χ4n) is 2.11. The highest BCUT2D eigenvalue weighted by Crippen LogP contribution is 2.21. The molecule has 0 unspecified atom stereocenters. The topological polar surface area (TPSA) is 49.4 Å². The van der Waals surface area contributed by atoms with Crippen LogP contribution in [-0.2, 0) is 4.79 Å². The van der Waals surface area contributed by atoms with E-state index in [1.54, 1.807) is 13.1 Å². The lowest BCUT2D eigenvalue weighted by atomic mass is 10.1. The summed E-state index contributed by atoms with van der Waals surface area (Å²) in [5.41, 5.74) is 0.580. The molecule has 0 radical (unpaired) electrons. The number of amides is 2. The fraction of sp³-hybridized carbons (Fsp3) is 0.250. The van der Waals surface area contributed by atoms with Gasteiger partial charge >= 0.3 is 0 Å². The van der Waals surface area contributed by atoms with Gasteiger partial charge in [0.2, 0.25) is 5.91 Å². The Morgan fingerprint density at radius 1 is 1.14 bits per heavy atom. The molecule has 2 aromatic rings. The minimum absolute atomic E-state index is 0.0606. The van der Waals surface area contributed by atoms with Crippen LogP contribution in [0.5, 0.6) is 0 Å². The molecule has 0 aliphatic heterocycles. The summed E-state index contributed by atoms with van der Waals surface area (Å²) in [5.74, 6) is -0.316. The lowest BCUT2D eigenvalue weighted by Crippen LogP contribution is -2.38. The first-order valence-electron chi connectivity index (χ1n) is 6.72. The molecule has 21 heavy (non-hydrogen) atoms. The second-order valence-corrected chi connectivity index (χ2v) is 5.74. The molecule has 0 heterocycles. The standard InChI is InChI=1S/C16H17BrN2O2/c1-3-18-15(20)10-19(2)16(21)13-5-4-12-9-14(17)7-6-11(12)8-13/h4-9H,3,10H2,1-2H3,(H,18,20). The van der Waals surface area contributed by atoms with E-state index in [0.29, 0.717) is 12.1 Å². The zero-order valence-corrected chi connectivity index (χ0v) is 13.6. The van der Waals surface area contributed by atoms with Crippen LogP contribution in [-0.4, -0.2) is 36.9 Å². The molecule has 0 aliphatic carbocycles. The molecule has 0 bridgehead atoms. The number of carbonyl (C=O) groups is 2. The molecular weight excluding hydrogens is 332 g/mol. The van der Waals surface area contributed by atoms with Crippen molar-refractivity contribution in [2.24, 2.45) is 0 Å². The lowest BCUT2D eigenvalue weighted by Gasteiger charge is -2.16. The van der Waals surface area contributed by atoms with Gasteiger partial charge in [-0.25, -0.2) is 0 Å². The Bertz CT molecular complexity index is 685. The van der Waals surface area contributed by atoms with E-state index in [0.717, 1.165) is 15.2 Å². The number of rotatable bonds is 4. The van der Waals surface area contributed by atoms with Gasteiger partial charge in [-0.15, -0.1) is 0 Å². The third-order valence-corrected chi connectivity index (χ3v) is 3.64. The van der Waals surface area contributed by atoms with Crippen LogP contribution in [0.2, 0.25) is 0 Å². The predicted molar refractivity (Wildman–Crippen MR) is 87.3 cm³/mol. The van der Waals surface area contributed by atoms with E-state index in [9.17, 15) is 9.59 Å². The van der Waals surface area contributed by atoms with Crippen LogP contribution in [0.25, 0.3) is 10.8 Å². The van der Waals surface area contributed by atoms with Gasteiger partial charge in [-0.2, -0.15) is 0 Å². The smallest absolute Gasteiger partial charge is 0.254 e. The number of fused-ring (bicyclic) bond motifs is 1. The number of nitrogens with one attached hydrogen (secondary N) is 1. The van der Waals surface area contributed by atoms with Crippen molar-refractivity contribution in [3.8, 4) is 0 Å². The first-order chi connectivity index (χ1) is 10.0. The highest BCUT2D eigenvalue weighted by atomic mass is 79.9. The SMILES string of the molecule is CCNC(=O)CN(C)C(=O)c1ccc2cc(Br)ccc2c1. The molecule has 2 aromatic carbocycles. The van der Waals surface area contributed by atoms with Gasteiger partial charge in [-0.05, 0) is 42.0 Å². The summed E-state index contributed by atoms with van der Waals surface area (Å²) in [6, 6.07) is 11.4. The van der Waals surface area contributed by atoms with Crippen molar-refractivity contribution in [3.05, 3.63) is 46.4 Å². The van der Waals surface area contributed by atoms with Crippen molar-refractivity contribution >= 4 is 38.5 Å². The normalized spacial score (nSPS) is 10.4. The van der Waals surface area contributed by atoms with Gasteiger partial charge in [-0.3, -0.25) is 9.59 Å². The van der Waals surface area contributed by atoms with E-state index >= 15 is 0 Å². The maximum absolute atomic E-state index is 12.3. The molecule has 0 aromatic heterocycles. The maximum atomic E-state index is 12.3. The van der Waals surface area contributed by atoms with Crippen LogP contribution in [0.15, 0.2) is 40.9 Å². The predicted octanol–water partition coefficient (Wildman–Crippen LogP) is 2.81. The number of likely N-dealkylation sites (N-methyl/N-ethyl adjacent to an activating group) is 2. The van der Waals surface area contributed by atoms with Crippen LogP contribution in [0.1, 0.15) is 17.3 Å². The molecule has 2 rings (SSSR count). The van der Waals surface area contributed by atoms with Crippen molar-refractivity contribution in [3.63, 3.8) is 0 Å². The van der Waals surface area contributed by atoms with Gasteiger partial charge < -0.3 is 10.2 Å². The largest absolute Gasteiger partial charge is 0.355 e. The van der Waals surface area contributed by atoms with Gasteiger partial charge in [0.15, 0.2) is 0 Å². The minimum atomic E-state index is -0.161. The van der Waals surface area contributed by atoms with E-state index in [4.69, 9.17) is 0 Å².